The van der Waals surface area contributed by atoms with E-state index in [4.69, 9.17) is 0 Å². The highest BCUT2D eigenvalue weighted by Crippen LogP contribution is 2.28. The number of carbonyl (C=O) groups is 1. The van der Waals surface area contributed by atoms with Gasteiger partial charge in [0.25, 0.3) is 0 Å². The Morgan fingerprint density at radius 2 is 1.82 bits per heavy atom. The van der Waals surface area contributed by atoms with Crippen molar-refractivity contribution in [3.8, 4) is 11.1 Å². The van der Waals surface area contributed by atoms with Crippen LogP contribution in [0.2, 0.25) is 0 Å². The summed E-state index contributed by atoms with van der Waals surface area (Å²) in [6, 6.07) is 3.99. The molecular formula is C14H16N2O. The standard InChI is InChI=1S/C14H16N2O/c1-9-6-13(10(2)5-12(9)8-17)14-7-16(4)15-11(14)3/h5-8H,1-4H3. The first kappa shape index (κ1) is 11.6. The van der Waals surface area contributed by atoms with Gasteiger partial charge in [-0.25, -0.2) is 0 Å². The number of nitrogens with zero attached hydrogens (tertiary/aromatic N) is 2. The van der Waals surface area contributed by atoms with Crippen molar-refractivity contribution in [3.63, 3.8) is 0 Å². The van der Waals surface area contributed by atoms with Gasteiger partial charge in [0.05, 0.1) is 5.69 Å². The smallest absolute Gasteiger partial charge is 0.150 e. The maximum atomic E-state index is 10.9. The maximum Gasteiger partial charge on any atom is 0.150 e. The summed E-state index contributed by atoms with van der Waals surface area (Å²) in [5.74, 6) is 0. The van der Waals surface area contributed by atoms with E-state index in [9.17, 15) is 4.79 Å². The van der Waals surface area contributed by atoms with Gasteiger partial charge in [0.15, 0.2) is 0 Å². The Hall–Kier alpha value is -1.90. The predicted molar refractivity (Wildman–Crippen MR) is 68.2 cm³/mol. The number of hydrogen-bond acceptors (Lipinski definition) is 2. The van der Waals surface area contributed by atoms with E-state index < -0.39 is 0 Å². The van der Waals surface area contributed by atoms with Crippen LogP contribution in [0.3, 0.4) is 0 Å². The normalized spacial score (nSPS) is 10.6. The lowest BCUT2D eigenvalue weighted by Gasteiger charge is -2.08. The zero-order chi connectivity index (χ0) is 12.6. The highest BCUT2D eigenvalue weighted by molar-refractivity contribution is 5.81. The fourth-order valence-corrected chi connectivity index (χ4v) is 2.12. The van der Waals surface area contributed by atoms with Crippen LogP contribution in [0, 0.1) is 20.8 Å². The zero-order valence-corrected chi connectivity index (χ0v) is 10.6. The van der Waals surface area contributed by atoms with Crippen molar-refractivity contribution in [2.75, 3.05) is 0 Å². The first-order valence-corrected chi connectivity index (χ1v) is 5.60. The van der Waals surface area contributed by atoms with Crippen molar-refractivity contribution in [2.24, 2.45) is 7.05 Å². The summed E-state index contributed by atoms with van der Waals surface area (Å²) in [7, 11) is 1.92. The van der Waals surface area contributed by atoms with Gasteiger partial charge in [-0.3, -0.25) is 9.48 Å². The molecule has 17 heavy (non-hydrogen) atoms. The molecule has 0 atom stereocenters. The summed E-state index contributed by atoms with van der Waals surface area (Å²) in [4.78, 5) is 10.9. The number of rotatable bonds is 2. The zero-order valence-electron chi connectivity index (χ0n) is 10.6. The molecule has 0 aliphatic heterocycles. The Bertz CT molecular complexity index is 582. The van der Waals surface area contributed by atoms with Gasteiger partial charge >= 0.3 is 0 Å². The maximum absolute atomic E-state index is 10.9. The molecule has 0 bridgehead atoms. The molecule has 0 N–H and O–H groups in total. The topological polar surface area (TPSA) is 34.9 Å². The van der Waals surface area contributed by atoms with Crippen molar-refractivity contribution in [1.82, 2.24) is 9.78 Å². The molecule has 2 aromatic rings. The molecule has 0 aliphatic carbocycles. The van der Waals surface area contributed by atoms with Crippen LogP contribution in [0.25, 0.3) is 11.1 Å². The van der Waals surface area contributed by atoms with Crippen LogP contribution in [0.4, 0.5) is 0 Å². The second-order valence-corrected chi connectivity index (χ2v) is 4.44. The molecule has 2 rings (SSSR count). The van der Waals surface area contributed by atoms with E-state index >= 15 is 0 Å². The molecule has 0 saturated heterocycles. The summed E-state index contributed by atoms with van der Waals surface area (Å²) >= 11 is 0. The minimum absolute atomic E-state index is 0.757. The van der Waals surface area contributed by atoms with Gasteiger partial charge in [-0.1, -0.05) is 6.07 Å². The quantitative estimate of drug-likeness (QED) is 0.741. The molecule has 0 spiro atoms. The molecule has 3 nitrogen and oxygen atoms in total. The number of hydrogen-bond donors (Lipinski definition) is 0. The van der Waals surface area contributed by atoms with Gasteiger partial charge in [0.2, 0.25) is 0 Å². The van der Waals surface area contributed by atoms with Crippen molar-refractivity contribution in [2.45, 2.75) is 20.8 Å². The fourth-order valence-electron chi connectivity index (χ4n) is 2.12. The van der Waals surface area contributed by atoms with Gasteiger partial charge in [-0.2, -0.15) is 5.10 Å². The Morgan fingerprint density at radius 1 is 1.12 bits per heavy atom. The SMILES string of the molecule is Cc1cc(-c2cn(C)nc2C)c(C)cc1C=O. The summed E-state index contributed by atoms with van der Waals surface area (Å²) < 4.78 is 1.81. The van der Waals surface area contributed by atoms with E-state index in [0.29, 0.717) is 0 Å². The molecule has 0 saturated carbocycles. The minimum Gasteiger partial charge on any atom is -0.298 e. The first-order chi connectivity index (χ1) is 8.02. The van der Waals surface area contributed by atoms with Crippen LogP contribution in [0.5, 0.6) is 0 Å². The largest absolute Gasteiger partial charge is 0.298 e. The summed E-state index contributed by atoms with van der Waals surface area (Å²) in [6.07, 6.45) is 2.92. The highest BCUT2D eigenvalue weighted by atomic mass is 16.1. The number of aromatic nitrogens is 2. The van der Waals surface area contributed by atoms with Crippen LogP contribution in [-0.4, -0.2) is 16.1 Å². The fraction of sp³-hybridized carbons (Fsp3) is 0.286. The van der Waals surface area contributed by atoms with Gasteiger partial charge in [0, 0.05) is 24.4 Å². The highest BCUT2D eigenvalue weighted by Gasteiger charge is 2.10. The second kappa shape index (κ2) is 4.17. The third-order valence-corrected chi connectivity index (χ3v) is 3.04. The molecule has 1 aromatic heterocycles. The molecule has 88 valence electrons. The molecule has 1 heterocycles. The Kier molecular flexibility index (Phi) is 2.84. The van der Waals surface area contributed by atoms with Crippen LogP contribution < -0.4 is 0 Å². The second-order valence-electron chi connectivity index (χ2n) is 4.44. The Labute approximate surface area is 101 Å². The number of carbonyl (C=O) groups excluding carboxylic acids is 1. The molecule has 0 radical (unpaired) electrons. The van der Waals surface area contributed by atoms with E-state index in [-0.39, 0.29) is 0 Å². The molecule has 0 unspecified atom stereocenters. The van der Waals surface area contributed by atoms with Gasteiger partial charge in [-0.15, -0.1) is 0 Å². The van der Waals surface area contributed by atoms with Crippen molar-refractivity contribution in [3.05, 3.63) is 40.7 Å². The van der Waals surface area contributed by atoms with Gasteiger partial charge < -0.3 is 0 Å². The van der Waals surface area contributed by atoms with Crippen LogP contribution in [0.15, 0.2) is 18.3 Å². The minimum atomic E-state index is 0.757. The van der Waals surface area contributed by atoms with Crippen LogP contribution in [0.1, 0.15) is 27.2 Å². The Balaban J connectivity index is 2.64. The lowest BCUT2D eigenvalue weighted by Crippen LogP contribution is -1.92. The summed E-state index contributed by atoms with van der Waals surface area (Å²) in [5, 5.41) is 4.35. The van der Waals surface area contributed by atoms with E-state index in [1.54, 1.807) is 0 Å². The number of benzene rings is 1. The summed E-state index contributed by atoms with van der Waals surface area (Å²) in [5.41, 5.74) is 6.16. The molecule has 0 aliphatic rings. The van der Waals surface area contributed by atoms with Crippen LogP contribution in [-0.2, 0) is 7.05 Å². The van der Waals surface area contributed by atoms with Crippen molar-refractivity contribution < 1.29 is 4.79 Å². The lowest BCUT2D eigenvalue weighted by molar-refractivity contribution is 0.112. The number of aldehydes is 1. The van der Waals surface area contributed by atoms with Crippen LogP contribution >= 0.6 is 0 Å². The van der Waals surface area contributed by atoms with E-state index in [0.717, 1.165) is 39.8 Å². The predicted octanol–water partition coefficient (Wildman–Crippen LogP) is 2.82. The van der Waals surface area contributed by atoms with E-state index in [1.165, 1.54) is 0 Å². The van der Waals surface area contributed by atoms with Crippen molar-refractivity contribution in [1.29, 1.82) is 0 Å². The monoisotopic (exact) mass is 228 g/mol. The molecule has 0 fully saturated rings. The molecule has 1 aromatic carbocycles. The van der Waals surface area contributed by atoms with Crippen molar-refractivity contribution >= 4 is 6.29 Å². The molecular weight excluding hydrogens is 212 g/mol. The first-order valence-electron chi connectivity index (χ1n) is 5.60. The van der Waals surface area contributed by atoms with E-state index in [1.807, 2.05) is 44.8 Å². The van der Waals surface area contributed by atoms with E-state index in [2.05, 4.69) is 11.2 Å². The van der Waals surface area contributed by atoms with Gasteiger partial charge in [-0.05, 0) is 43.5 Å². The number of aryl methyl sites for hydroxylation is 4. The average Bonchev–Trinajstić information content (AvgIpc) is 2.60. The third-order valence-electron chi connectivity index (χ3n) is 3.04. The lowest BCUT2D eigenvalue weighted by atomic mass is 9.96. The van der Waals surface area contributed by atoms with Gasteiger partial charge in [0.1, 0.15) is 6.29 Å². The molecule has 0 amide bonds. The Morgan fingerprint density at radius 3 is 2.35 bits per heavy atom. The molecule has 3 heteroatoms. The third kappa shape index (κ3) is 2.00. The summed E-state index contributed by atoms with van der Waals surface area (Å²) in [6.45, 7) is 5.98. The average molecular weight is 228 g/mol.